The number of methoxy groups -OCH3 is 1. The molecule has 0 atom stereocenters. The standard InChI is InChI=1S/C26H27FN2O3/c1-32-25-10-4-9-24(30)23(25)17-29-13-11-18(12-14-29)26(31)28-22-8-3-6-20(16-22)19-5-2-7-21(27)15-19/h2-10,15-16,18,30H,11-14,17H2,1H3,(H,28,31). The van der Waals surface area contributed by atoms with E-state index >= 15 is 0 Å². The van der Waals surface area contributed by atoms with Gasteiger partial charge in [0, 0.05) is 23.7 Å². The minimum absolute atomic E-state index is 0.00109. The van der Waals surface area contributed by atoms with Gasteiger partial charge in [-0.25, -0.2) is 4.39 Å². The van der Waals surface area contributed by atoms with E-state index in [4.69, 9.17) is 4.74 Å². The van der Waals surface area contributed by atoms with Crippen LogP contribution in [0.15, 0.2) is 66.7 Å². The Morgan fingerprint density at radius 1 is 1.06 bits per heavy atom. The quantitative estimate of drug-likeness (QED) is 0.570. The maximum absolute atomic E-state index is 13.5. The van der Waals surface area contributed by atoms with Gasteiger partial charge in [0.2, 0.25) is 5.91 Å². The van der Waals surface area contributed by atoms with Crippen molar-refractivity contribution in [2.24, 2.45) is 5.92 Å². The number of nitrogens with one attached hydrogen (secondary N) is 1. The smallest absolute Gasteiger partial charge is 0.227 e. The fourth-order valence-corrected chi connectivity index (χ4v) is 4.17. The number of carbonyl (C=O) groups is 1. The highest BCUT2D eigenvalue weighted by Gasteiger charge is 2.26. The van der Waals surface area contributed by atoms with E-state index in [1.807, 2.05) is 36.4 Å². The minimum Gasteiger partial charge on any atom is -0.507 e. The zero-order valence-corrected chi connectivity index (χ0v) is 18.1. The van der Waals surface area contributed by atoms with Crippen LogP contribution in [0.1, 0.15) is 18.4 Å². The predicted molar refractivity (Wildman–Crippen MR) is 123 cm³/mol. The highest BCUT2D eigenvalue weighted by atomic mass is 19.1. The molecule has 1 saturated heterocycles. The van der Waals surface area contributed by atoms with Gasteiger partial charge in [0.1, 0.15) is 17.3 Å². The van der Waals surface area contributed by atoms with Gasteiger partial charge in [-0.05, 0) is 73.5 Å². The maximum Gasteiger partial charge on any atom is 0.227 e. The van der Waals surface area contributed by atoms with Crippen LogP contribution in [0.2, 0.25) is 0 Å². The summed E-state index contributed by atoms with van der Waals surface area (Å²) in [6, 6.07) is 19.2. The Kier molecular flexibility index (Phi) is 6.71. The second kappa shape index (κ2) is 9.83. The van der Waals surface area contributed by atoms with Crippen molar-refractivity contribution >= 4 is 11.6 Å². The Labute approximate surface area is 187 Å². The van der Waals surface area contributed by atoms with E-state index in [1.54, 1.807) is 25.3 Å². The van der Waals surface area contributed by atoms with E-state index in [9.17, 15) is 14.3 Å². The lowest BCUT2D eigenvalue weighted by Crippen LogP contribution is -2.37. The number of hydrogen-bond acceptors (Lipinski definition) is 4. The van der Waals surface area contributed by atoms with Crippen molar-refractivity contribution in [1.29, 1.82) is 0 Å². The molecule has 1 aliphatic heterocycles. The molecule has 2 N–H and O–H groups in total. The molecule has 3 aromatic carbocycles. The number of piperidine rings is 1. The number of hydrogen-bond donors (Lipinski definition) is 2. The van der Waals surface area contributed by atoms with Gasteiger partial charge < -0.3 is 15.2 Å². The predicted octanol–water partition coefficient (Wildman–Crippen LogP) is 5.06. The molecule has 32 heavy (non-hydrogen) atoms. The molecule has 1 aliphatic rings. The summed E-state index contributed by atoms with van der Waals surface area (Å²) >= 11 is 0. The first-order valence-corrected chi connectivity index (χ1v) is 10.8. The molecule has 1 amide bonds. The molecule has 1 heterocycles. The molecule has 0 spiro atoms. The summed E-state index contributed by atoms with van der Waals surface area (Å²) < 4.78 is 18.9. The Morgan fingerprint density at radius 2 is 1.75 bits per heavy atom. The van der Waals surface area contributed by atoms with E-state index < -0.39 is 0 Å². The Bertz CT molecular complexity index is 1090. The van der Waals surface area contributed by atoms with Crippen LogP contribution < -0.4 is 10.1 Å². The first kappa shape index (κ1) is 21.8. The normalized spacial score (nSPS) is 14.8. The summed E-state index contributed by atoms with van der Waals surface area (Å²) in [5.74, 6) is 0.534. The second-order valence-corrected chi connectivity index (χ2v) is 8.09. The number of carbonyl (C=O) groups excluding carboxylic acids is 1. The van der Waals surface area contributed by atoms with Crippen LogP contribution in [0.3, 0.4) is 0 Å². The van der Waals surface area contributed by atoms with E-state index in [2.05, 4.69) is 10.2 Å². The number of anilines is 1. The SMILES string of the molecule is COc1cccc(O)c1CN1CCC(C(=O)Nc2cccc(-c3cccc(F)c3)c2)CC1. The third-order valence-electron chi connectivity index (χ3n) is 5.96. The molecule has 3 aromatic rings. The van der Waals surface area contributed by atoms with Gasteiger partial charge in [-0.1, -0.05) is 30.3 Å². The third kappa shape index (κ3) is 5.08. The van der Waals surface area contributed by atoms with E-state index in [1.165, 1.54) is 12.1 Å². The lowest BCUT2D eigenvalue weighted by atomic mass is 9.95. The number of nitrogens with zero attached hydrogens (tertiary/aromatic N) is 1. The zero-order valence-electron chi connectivity index (χ0n) is 18.1. The molecular formula is C26H27FN2O3. The number of phenols is 1. The molecule has 5 nitrogen and oxygen atoms in total. The van der Waals surface area contributed by atoms with Crippen LogP contribution in [0, 0.1) is 11.7 Å². The minimum atomic E-state index is -0.287. The summed E-state index contributed by atoms with van der Waals surface area (Å²) in [6.45, 7) is 2.11. The zero-order chi connectivity index (χ0) is 22.5. The highest BCUT2D eigenvalue weighted by Crippen LogP contribution is 2.30. The molecule has 4 rings (SSSR count). The van der Waals surface area contributed by atoms with E-state index in [0.29, 0.717) is 18.0 Å². The molecule has 0 unspecified atom stereocenters. The lowest BCUT2D eigenvalue weighted by Gasteiger charge is -2.31. The largest absolute Gasteiger partial charge is 0.507 e. The first-order chi connectivity index (χ1) is 15.5. The second-order valence-electron chi connectivity index (χ2n) is 8.09. The maximum atomic E-state index is 13.5. The monoisotopic (exact) mass is 434 g/mol. The first-order valence-electron chi connectivity index (χ1n) is 10.8. The molecule has 0 bridgehead atoms. The summed E-state index contributed by atoms with van der Waals surface area (Å²) in [5.41, 5.74) is 3.10. The van der Waals surface area contributed by atoms with Crippen molar-refractivity contribution in [3.05, 3.63) is 78.1 Å². The Hall–Kier alpha value is -3.38. The van der Waals surface area contributed by atoms with Crippen molar-refractivity contribution in [1.82, 2.24) is 4.90 Å². The van der Waals surface area contributed by atoms with E-state index in [-0.39, 0.29) is 23.4 Å². The topological polar surface area (TPSA) is 61.8 Å². The number of likely N-dealkylation sites (tertiary alicyclic amines) is 1. The van der Waals surface area contributed by atoms with Gasteiger partial charge in [-0.3, -0.25) is 9.69 Å². The number of phenolic OH excluding ortho intramolecular Hbond substituents is 1. The lowest BCUT2D eigenvalue weighted by molar-refractivity contribution is -0.121. The van der Waals surface area contributed by atoms with Gasteiger partial charge in [-0.2, -0.15) is 0 Å². The average molecular weight is 435 g/mol. The number of benzene rings is 3. The molecular weight excluding hydrogens is 407 g/mol. The number of amides is 1. The Balaban J connectivity index is 1.35. The molecule has 0 aliphatic carbocycles. The van der Waals surface area contributed by atoms with Crippen molar-refractivity contribution < 1.29 is 19.0 Å². The van der Waals surface area contributed by atoms with Crippen molar-refractivity contribution in [3.63, 3.8) is 0 Å². The summed E-state index contributed by atoms with van der Waals surface area (Å²) in [4.78, 5) is 15.1. The van der Waals surface area contributed by atoms with Gasteiger partial charge in [0.15, 0.2) is 0 Å². The molecule has 0 aromatic heterocycles. The summed E-state index contributed by atoms with van der Waals surface area (Å²) in [5, 5.41) is 13.2. The van der Waals surface area contributed by atoms with Gasteiger partial charge >= 0.3 is 0 Å². The van der Waals surface area contributed by atoms with Crippen molar-refractivity contribution in [2.45, 2.75) is 19.4 Å². The molecule has 0 saturated carbocycles. The number of aromatic hydroxyl groups is 1. The van der Waals surface area contributed by atoms with Crippen LogP contribution in [0.5, 0.6) is 11.5 Å². The molecule has 0 radical (unpaired) electrons. The molecule has 166 valence electrons. The average Bonchev–Trinajstić information content (AvgIpc) is 2.81. The fourth-order valence-electron chi connectivity index (χ4n) is 4.17. The molecule has 1 fully saturated rings. The van der Waals surface area contributed by atoms with Crippen LogP contribution >= 0.6 is 0 Å². The fraction of sp³-hybridized carbons (Fsp3) is 0.269. The van der Waals surface area contributed by atoms with Gasteiger partial charge in [0.05, 0.1) is 7.11 Å². The number of halogens is 1. The van der Waals surface area contributed by atoms with Crippen LogP contribution in [0.4, 0.5) is 10.1 Å². The molecule has 6 heteroatoms. The van der Waals surface area contributed by atoms with E-state index in [0.717, 1.165) is 42.6 Å². The van der Waals surface area contributed by atoms with Crippen LogP contribution in [-0.2, 0) is 11.3 Å². The van der Waals surface area contributed by atoms with Gasteiger partial charge in [-0.15, -0.1) is 0 Å². The summed E-state index contributed by atoms with van der Waals surface area (Å²) in [7, 11) is 1.60. The number of rotatable bonds is 6. The van der Waals surface area contributed by atoms with Crippen LogP contribution in [0.25, 0.3) is 11.1 Å². The third-order valence-corrected chi connectivity index (χ3v) is 5.96. The van der Waals surface area contributed by atoms with Crippen molar-refractivity contribution in [2.75, 3.05) is 25.5 Å². The highest BCUT2D eigenvalue weighted by molar-refractivity contribution is 5.93. The van der Waals surface area contributed by atoms with Crippen LogP contribution in [-0.4, -0.2) is 36.1 Å². The summed E-state index contributed by atoms with van der Waals surface area (Å²) in [6.07, 6.45) is 1.48. The Morgan fingerprint density at radius 3 is 2.47 bits per heavy atom. The number of ether oxygens (including phenoxy) is 1. The van der Waals surface area contributed by atoms with Gasteiger partial charge in [0.25, 0.3) is 0 Å². The van der Waals surface area contributed by atoms with Crippen molar-refractivity contribution in [3.8, 4) is 22.6 Å².